The van der Waals surface area contributed by atoms with E-state index in [-0.39, 0.29) is 11.9 Å². The van der Waals surface area contributed by atoms with Crippen LogP contribution in [-0.2, 0) is 6.54 Å². The van der Waals surface area contributed by atoms with Gasteiger partial charge in [-0.25, -0.2) is 0 Å². The van der Waals surface area contributed by atoms with Crippen molar-refractivity contribution < 1.29 is 4.79 Å². The molecule has 3 nitrogen and oxygen atoms in total. The predicted molar refractivity (Wildman–Crippen MR) is 69.7 cm³/mol. The molecule has 0 fully saturated rings. The highest BCUT2D eigenvalue weighted by molar-refractivity contribution is 9.10. The lowest BCUT2D eigenvalue weighted by molar-refractivity contribution is 0.0706. The number of carbonyl (C=O) groups excluding carboxylic acids is 1. The molecule has 0 aliphatic heterocycles. The fourth-order valence-corrected chi connectivity index (χ4v) is 2.27. The molecule has 1 heterocycles. The maximum absolute atomic E-state index is 12.3. The van der Waals surface area contributed by atoms with E-state index in [4.69, 9.17) is 0 Å². The summed E-state index contributed by atoms with van der Waals surface area (Å²) in [5, 5.41) is 0. The second kappa shape index (κ2) is 5.53. The summed E-state index contributed by atoms with van der Waals surface area (Å²) in [5.41, 5.74) is 0.755. The van der Waals surface area contributed by atoms with Gasteiger partial charge < -0.3 is 9.47 Å². The largest absolute Gasteiger partial charge is 0.343 e. The van der Waals surface area contributed by atoms with Gasteiger partial charge >= 0.3 is 0 Å². The third kappa shape index (κ3) is 2.67. The molecule has 0 saturated heterocycles. The van der Waals surface area contributed by atoms with Crippen LogP contribution in [0.5, 0.6) is 0 Å². The number of carbonyl (C=O) groups is 1. The van der Waals surface area contributed by atoms with Crippen LogP contribution in [0.15, 0.2) is 16.7 Å². The Morgan fingerprint density at radius 3 is 2.56 bits per heavy atom. The molecule has 1 rings (SSSR count). The Balaban J connectivity index is 3.02. The number of nitrogens with zero attached hydrogens (tertiary/aromatic N) is 2. The molecule has 1 amide bonds. The van der Waals surface area contributed by atoms with Crippen molar-refractivity contribution in [1.82, 2.24) is 9.47 Å². The predicted octanol–water partition coefficient (Wildman–Crippen LogP) is 3.14. The molecule has 0 bridgehead atoms. The minimum absolute atomic E-state index is 0.102. The number of halogens is 1. The lowest BCUT2D eigenvalue weighted by atomic mass is 10.2. The average Bonchev–Trinajstić information content (AvgIpc) is 2.59. The molecule has 4 heteroatoms. The standard InChI is InChI=1S/C12H19BrN2O/c1-5-14-8-10(13)7-11(14)12(16)15(6-2)9(3)4/h7-9H,5-6H2,1-4H3. The quantitative estimate of drug-likeness (QED) is 0.835. The maximum atomic E-state index is 12.3. The van der Waals surface area contributed by atoms with Crippen molar-refractivity contribution >= 4 is 21.8 Å². The Kier molecular flexibility index (Phi) is 4.59. The van der Waals surface area contributed by atoms with Crippen LogP contribution < -0.4 is 0 Å². The Hall–Kier alpha value is -0.770. The summed E-state index contributed by atoms with van der Waals surface area (Å²) >= 11 is 3.41. The van der Waals surface area contributed by atoms with Gasteiger partial charge in [-0.1, -0.05) is 0 Å². The van der Waals surface area contributed by atoms with E-state index in [1.165, 1.54) is 0 Å². The molecular formula is C12H19BrN2O. The van der Waals surface area contributed by atoms with Crippen LogP contribution in [0.1, 0.15) is 38.2 Å². The zero-order valence-corrected chi connectivity index (χ0v) is 11.9. The van der Waals surface area contributed by atoms with Crippen LogP contribution in [-0.4, -0.2) is 28.0 Å². The van der Waals surface area contributed by atoms with Gasteiger partial charge in [0.25, 0.3) is 5.91 Å². The van der Waals surface area contributed by atoms with Gasteiger partial charge in [0, 0.05) is 29.8 Å². The highest BCUT2D eigenvalue weighted by Gasteiger charge is 2.20. The van der Waals surface area contributed by atoms with Gasteiger partial charge in [-0.2, -0.15) is 0 Å². The van der Waals surface area contributed by atoms with E-state index < -0.39 is 0 Å². The van der Waals surface area contributed by atoms with Gasteiger partial charge in [-0.05, 0) is 49.7 Å². The van der Waals surface area contributed by atoms with E-state index >= 15 is 0 Å². The molecule has 1 aromatic heterocycles. The van der Waals surface area contributed by atoms with Gasteiger partial charge in [0.1, 0.15) is 5.69 Å². The van der Waals surface area contributed by atoms with Gasteiger partial charge in [0.15, 0.2) is 0 Å². The first-order valence-corrected chi connectivity index (χ1v) is 6.47. The minimum atomic E-state index is 0.102. The second-order valence-electron chi connectivity index (χ2n) is 4.01. The van der Waals surface area contributed by atoms with Crippen molar-refractivity contribution in [3.05, 3.63) is 22.4 Å². The molecule has 0 aliphatic rings. The first kappa shape index (κ1) is 13.3. The summed E-state index contributed by atoms with van der Waals surface area (Å²) < 4.78 is 2.93. The monoisotopic (exact) mass is 286 g/mol. The zero-order chi connectivity index (χ0) is 12.3. The number of hydrogen-bond donors (Lipinski definition) is 0. The van der Waals surface area contributed by atoms with Crippen LogP contribution in [0.25, 0.3) is 0 Å². The summed E-state index contributed by atoms with van der Waals surface area (Å²) in [6, 6.07) is 2.12. The topological polar surface area (TPSA) is 25.2 Å². The zero-order valence-electron chi connectivity index (χ0n) is 10.3. The van der Waals surface area contributed by atoms with E-state index in [1.807, 2.05) is 49.4 Å². The van der Waals surface area contributed by atoms with E-state index in [1.54, 1.807) is 0 Å². The van der Waals surface area contributed by atoms with Crippen LogP contribution in [0.3, 0.4) is 0 Å². The van der Waals surface area contributed by atoms with Gasteiger partial charge in [0.2, 0.25) is 0 Å². The first-order chi connectivity index (χ1) is 7.51. The third-order valence-electron chi connectivity index (χ3n) is 2.65. The fraction of sp³-hybridized carbons (Fsp3) is 0.583. The SMILES string of the molecule is CCN(C(=O)c1cc(Br)cn1CC)C(C)C. The van der Waals surface area contributed by atoms with Crippen molar-refractivity contribution in [1.29, 1.82) is 0 Å². The van der Waals surface area contributed by atoms with Crippen LogP contribution in [0.4, 0.5) is 0 Å². The summed E-state index contributed by atoms with van der Waals surface area (Å²) in [7, 11) is 0. The van der Waals surface area contributed by atoms with E-state index in [9.17, 15) is 4.79 Å². The van der Waals surface area contributed by atoms with Gasteiger partial charge in [0.05, 0.1) is 0 Å². The molecule has 0 radical (unpaired) electrons. The normalized spacial score (nSPS) is 10.9. The molecule has 0 atom stereocenters. The van der Waals surface area contributed by atoms with Crippen molar-refractivity contribution in [2.24, 2.45) is 0 Å². The van der Waals surface area contributed by atoms with Crippen molar-refractivity contribution in [2.75, 3.05) is 6.54 Å². The number of aryl methyl sites for hydroxylation is 1. The van der Waals surface area contributed by atoms with Crippen molar-refractivity contribution in [3.8, 4) is 0 Å². The summed E-state index contributed by atoms with van der Waals surface area (Å²) in [6.45, 7) is 9.66. The van der Waals surface area contributed by atoms with E-state index in [0.29, 0.717) is 0 Å². The fourth-order valence-electron chi connectivity index (χ4n) is 1.81. The lowest BCUT2D eigenvalue weighted by Crippen LogP contribution is -2.37. The summed E-state index contributed by atoms with van der Waals surface area (Å²) in [5.74, 6) is 0.102. The number of amides is 1. The van der Waals surface area contributed by atoms with E-state index in [2.05, 4.69) is 15.9 Å². The Bertz CT molecular complexity index is 371. The Morgan fingerprint density at radius 2 is 2.12 bits per heavy atom. The Morgan fingerprint density at radius 1 is 1.50 bits per heavy atom. The first-order valence-electron chi connectivity index (χ1n) is 5.67. The minimum Gasteiger partial charge on any atom is -0.343 e. The average molecular weight is 287 g/mol. The molecule has 0 aromatic carbocycles. The van der Waals surface area contributed by atoms with Gasteiger partial charge in [-0.15, -0.1) is 0 Å². The summed E-state index contributed by atoms with van der Waals surface area (Å²) in [6.07, 6.45) is 1.95. The highest BCUT2D eigenvalue weighted by Crippen LogP contribution is 2.17. The van der Waals surface area contributed by atoms with E-state index in [0.717, 1.165) is 23.3 Å². The molecule has 0 saturated carbocycles. The maximum Gasteiger partial charge on any atom is 0.270 e. The van der Waals surface area contributed by atoms with Crippen LogP contribution >= 0.6 is 15.9 Å². The Labute approximate surface area is 106 Å². The van der Waals surface area contributed by atoms with Crippen LogP contribution in [0, 0.1) is 0 Å². The van der Waals surface area contributed by atoms with Crippen molar-refractivity contribution in [2.45, 2.75) is 40.3 Å². The third-order valence-corrected chi connectivity index (χ3v) is 3.08. The van der Waals surface area contributed by atoms with Crippen LogP contribution in [0.2, 0.25) is 0 Å². The molecule has 16 heavy (non-hydrogen) atoms. The van der Waals surface area contributed by atoms with Crippen molar-refractivity contribution in [3.63, 3.8) is 0 Å². The summed E-state index contributed by atoms with van der Waals surface area (Å²) in [4.78, 5) is 14.2. The molecule has 0 aliphatic carbocycles. The highest BCUT2D eigenvalue weighted by atomic mass is 79.9. The van der Waals surface area contributed by atoms with Gasteiger partial charge in [-0.3, -0.25) is 4.79 Å². The number of rotatable bonds is 4. The lowest BCUT2D eigenvalue weighted by Gasteiger charge is -2.25. The number of hydrogen-bond acceptors (Lipinski definition) is 1. The smallest absolute Gasteiger partial charge is 0.270 e. The molecule has 0 unspecified atom stereocenters. The molecule has 0 spiro atoms. The molecule has 1 aromatic rings. The number of aromatic nitrogens is 1. The second-order valence-corrected chi connectivity index (χ2v) is 4.93. The molecular weight excluding hydrogens is 268 g/mol. The molecule has 90 valence electrons. The molecule has 0 N–H and O–H groups in total.